The predicted molar refractivity (Wildman–Crippen MR) is 87.1 cm³/mol. The lowest BCUT2D eigenvalue weighted by molar-refractivity contribution is -0.115. The van der Waals surface area contributed by atoms with E-state index in [2.05, 4.69) is 15.5 Å². The van der Waals surface area contributed by atoms with Gasteiger partial charge < -0.3 is 14.3 Å². The summed E-state index contributed by atoms with van der Waals surface area (Å²) in [7, 11) is 0. The van der Waals surface area contributed by atoms with Gasteiger partial charge in [-0.25, -0.2) is 9.37 Å². The number of aryl methyl sites for hydroxylation is 1. The van der Waals surface area contributed by atoms with Crippen LogP contribution in [0.25, 0.3) is 11.3 Å². The van der Waals surface area contributed by atoms with E-state index in [4.69, 9.17) is 8.94 Å². The highest BCUT2D eigenvalue weighted by molar-refractivity contribution is 8.00. The molecule has 24 heavy (non-hydrogen) atoms. The maximum atomic E-state index is 12.9. The molecule has 0 saturated carbocycles. The molecule has 0 aliphatic rings. The van der Waals surface area contributed by atoms with Gasteiger partial charge in [0.25, 0.3) is 5.22 Å². The second-order valence-corrected chi connectivity index (χ2v) is 6.36. The Morgan fingerprint density at radius 2 is 2.08 bits per heavy atom. The van der Waals surface area contributed by atoms with Crippen LogP contribution in [0.2, 0.25) is 0 Å². The van der Waals surface area contributed by atoms with E-state index in [1.807, 2.05) is 0 Å². The van der Waals surface area contributed by atoms with Gasteiger partial charge in [0, 0.05) is 11.6 Å². The molecule has 1 amide bonds. The average molecular weight is 347 g/mol. The van der Waals surface area contributed by atoms with Crippen molar-refractivity contribution in [3.8, 4) is 11.3 Å². The number of nitrogens with one attached hydrogen (secondary N) is 1. The number of aromatic nitrogens is 2. The molecule has 8 heteroatoms. The third-order valence-electron chi connectivity index (χ3n) is 3.14. The van der Waals surface area contributed by atoms with Crippen LogP contribution in [0, 0.1) is 12.7 Å². The van der Waals surface area contributed by atoms with Gasteiger partial charge in [-0.1, -0.05) is 16.9 Å². The van der Waals surface area contributed by atoms with Crippen molar-refractivity contribution in [3.63, 3.8) is 0 Å². The average Bonchev–Trinajstić information content (AvgIpc) is 3.17. The number of carbonyl (C=O) groups excluding carboxylic acids is 1. The zero-order valence-corrected chi connectivity index (χ0v) is 13.8. The second kappa shape index (κ2) is 6.88. The van der Waals surface area contributed by atoms with E-state index >= 15 is 0 Å². The summed E-state index contributed by atoms with van der Waals surface area (Å²) in [5.41, 5.74) is 0.714. The smallest absolute Gasteiger partial charge is 0.256 e. The minimum Gasteiger partial charge on any atom is -0.431 e. The van der Waals surface area contributed by atoms with Crippen molar-refractivity contribution >= 4 is 23.5 Å². The molecular formula is C16H14FN3O3S. The summed E-state index contributed by atoms with van der Waals surface area (Å²) in [6, 6.07) is 7.54. The van der Waals surface area contributed by atoms with Gasteiger partial charge in [0.1, 0.15) is 11.6 Å². The molecule has 1 N–H and O–H groups in total. The molecule has 3 aromatic rings. The van der Waals surface area contributed by atoms with Crippen LogP contribution in [-0.2, 0) is 4.79 Å². The zero-order valence-electron chi connectivity index (χ0n) is 12.9. The molecule has 0 unspecified atom stereocenters. The normalized spacial score (nSPS) is 12.1. The van der Waals surface area contributed by atoms with Crippen molar-refractivity contribution in [2.45, 2.75) is 24.3 Å². The predicted octanol–water partition coefficient (Wildman–Crippen LogP) is 3.90. The molecule has 0 fully saturated rings. The number of halogens is 1. The van der Waals surface area contributed by atoms with E-state index in [1.54, 1.807) is 38.2 Å². The largest absolute Gasteiger partial charge is 0.431 e. The minimum atomic E-state index is -0.443. The Bertz CT molecular complexity index is 844. The lowest BCUT2D eigenvalue weighted by Gasteiger charge is -2.07. The quantitative estimate of drug-likeness (QED) is 0.705. The highest BCUT2D eigenvalue weighted by Gasteiger charge is 2.19. The highest BCUT2D eigenvalue weighted by Crippen LogP contribution is 2.28. The molecule has 0 spiro atoms. The second-order valence-electron chi connectivity index (χ2n) is 5.07. The first kappa shape index (κ1) is 16.3. The lowest BCUT2D eigenvalue weighted by Crippen LogP contribution is -2.22. The standard InChI is InChI=1S/C16H14FN3O3S/c1-9-7-14(20-23-9)19-15(21)10(2)24-16-18-8-13(22-16)11-3-5-12(17)6-4-11/h3-8,10H,1-2H3,(H,19,20,21)/t10-/m0/s1. The summed E-state index contributed by atoms with van der Waals surface area (Å²) in [6.07, 6.45) is 1.54. The maximum Gasteiger partial charge on any atom is 0.256 e. The van der Waals surface area contributed by atoms with E-state index in [1.165, 1.54) is 23.9 Å². The van der Waals surface area contributed by atoms with Crippen molar-refractivity contribution in [2.75, 3.05) is 5.32 Å². The summed E-state index contributed by atoms with van der Waals surface area (Å²) in [6.45, 7) is 3.47. The van der Waals surface area contributed by atoms with Gasteiger partial charge in [-0.05, 0) is 38.1 Å². The van der Waals surface area contributed by atoms with Gasteiger partial charge in [-0.3, -0.25) is 4.79 Å². The van der Waals surface area contributed by atoms with Crippen molar-refractivity contribution in [3.05, 3.63) is 48.1 Å². The van der Waals surface area contributed by atoms with E-state index in [0.717, 1.165) is 0 Å². The van der Waals surface area contributed by atoms with Crippen molar-refractivity contribution < 1.29 is 18.1 Å². The van der Waals surface area contributed by atoms with Crippen LogP contribution in [0.4, 0.5) is 10.2 Å². The molecule has 2 heterocycles. The summed E-state index contributed by atoms with van der Waals surface area (Å²) in [5.74, 6) is 0.930. The fraction of sp³-hybridized carbons (Fsp3) is 0.188. The highest BCUT2D eigenvalue weighted by atomic mass is 32.2. The number of amides is 1. The summed E-state index contributed by atoms with van der Waals surface area (Å²) < 4.78 is 23.4. The Kier molecular flexibility index (Phi) is 4.66. The van der Waals surface area contributed by atoms with Gasteiger partial charge in [0.05, 0.1) is 11.4 Å². The van der Waals surface area contributed by atoms with E-state index in [0.29, 0.717) is 28.1 Å². The topological polar surface area (TPSA) is 81.2 Å². The fourth-order valence-electron chi connectivity index (χ4n) is 1.92. The molecule has 0 saturated heterocycles. The van der Waals surface area contributed by atoms with Crippen molar-refractivity contribution in [2.24, 2.45) is 0 Å². The molecule has 1 aromatic carbocycles. The summed E-state index contributed by atoms with van der Waals surface area (Å²) in [4.78, 5) is 16.3. The third-order valence-corrected chi connectivity index (χ3v) is 4.10. The van der Waals surface area contributed by atoms with E-state index in [-0.39, 0.29) is 11.7 Å². The Balaban J connectivity index is 1.63. The first-order valence-corrected chi connectivity index (χ1v) is 8.02. The maximum absolute atomic E-state index is 12.9. The Hall–Kier alpha value is -2.61. The van der Waals surface area contributed by atoms with Crippen LogP contribution >= 0.6 is 11.8 Å². The van der Waals surface area contributed by atoms with Crippen LogP contribution in [0.1, 0.15) is 12.7 Å². The third kappa shape index (κ3) is 3.83. The van der Waals surface area contributed by atoms with Crippen LogP contribution in [0.3, 0.4) is 0 Å². The number of carbonyl (C=O) groups is 1. The van der Waals surface area contributed by atoms with E-state index < -0.39 is 5.25 Å². The zero-order chi connectivity index (χ0) is 17.1. The van der Waals surface area contributed by atoms with Crippen LogP contribution in [0.15, 0.2) is 50.7 Å². The number of thioether (sulfide) groups is 1. The van der Waals surface area contributed by atoms with E-state index in [9.17, 15) is 9.18 Å². The lowest BCUT2D eigenvalue weighted by atomic mass is 10.2. The number of rotatable bonds is 5. The molecule has 0 radical (unpaired) electrons. The Morgan fingerprint density at radius 3 is 2.75 bits per heavy atom. The van der Waals surface area contributed by atoms with Gasteiger partial charge in [-0.2, -0.15) is 0 Å². The molecule has 124 valence electrons. The molecule has 0 aliphatic heterocycles. The van der Waals surface area contributed by atoms with Crippen LogP contribution in [0.5, 0.6) is 0 Å². The first-order chi connectivity index (χ1) is 11.5. The van der Waals surface area contributed by atoms with Gasteiger partial charge in [0.15, 0.2) is 11.6 Å². The number of benzene rings is 1. The fourth-order valence-corrected chi connectivity index (χ4v) is 2.64. The molecule has 0 bridgehead atoms. The van der Waals surface area contributed by atoms with Gasteiger partial charge in [-0.15, -0.1) is 0 Å². The number of oxazole rings is 1. The van der Waals surface area contributed by atoms with Gasteiger partial charge >= 0.3 is 0 Å². The molecule has 6 nitrogen and oxygen atoms in total. The van der Waals surface area contributed by atoms with Crippen LogP contribution < -0.4 is 5.32 Å². The molecular weight excluding hydrogens is 333 g/mol. The Morgan fingerprint density at radius 1 is 1.33 bits per heavy atom. The molecule has 3 rings (SSSR count). The molecule has 0 aliphatic carbocycles. The summed E-state index contributed by atoms with van der Waals surface area (Å²) >= 11 is 1.17. The number of nitrogens with zero attached hydrogens (tertiary/aromatic N) is 2. The first-order valence-electron chi connectivity index (χ1n) is 7.14. The van der Waals surface area contributed by atoms with Crippen LogP contribution in [-0.4, -0.2) is 21.3 Å². The van der Waals surface area contributed by atoms with Crippen molar-refractivity contribution in [1.29, 1.82) is 0 Å². The minimum absolute atomic E-state index is 0.241. The monoisotopic (exact) mass is 347 g/mol. The molecule has 1 atom stereocenters. The number of hydrogen-bond donors (Lipinski definition) is 1. The summed E-state index contributed by atoms with van der Waals surface area (Å²) in [5, 5.41) is 6.27. The number of anilines is 1. The Labute approximate surface area is 141 Å². The van der Waals surface area contributed by atoms with Gasteiger partial charge in [0.2, 0.25) is 5.91 Å². The SMILES string of the molecule is Cc1cc(NC(=O)[C@H](C)Sc2ncc(-c3ccc(F)cc3)o2)no1. The number of hydrogen-bond acceptors (Lipinski definition) is 6. The molecule has 2 aromatic heterocycles. The van der Waals surface area contributed by atoms with Crippen molar-refractivity contribution in [1.82, 2.24) is 10.1 Å².